The molecule has 0 radical (unpaired) electrons. The summed E-state index contributed by atoms with van der Waals surface area (Å²) in [6, 6.07) is 1.58. The van der Waals surface area contributed by atoms with E-state index in [0.29, 0.717) is 18.1 Å². The first-order valence-electron chi connectivity index (χ1n) is 10.4. The number of hydrogen-bond donors (Lipinski definition) is 2. The minimum absolute atomic E-state index is 0. The summed E-state index contributed by atoms with van der Waals surface area (Å²) in [6.45, 7) is 13.2. The lowest BCUT2D eigenvalue weighted by atomic mass is 10.1. The van der Waals surface area contributed by atoms with Crippen LogP contribution in [0.5, 0.6) is 0 Å². The van der Waals surface area contributed by atoms with Crippen molar-refractivity contribution in [3.8, 4) is 0 Å². The smallest absolute Gasteiger partial charge is 0.191 e. The standard InChI is InChI=1S/C20H39N7.HI/c1-16(2)27(17(3)4)12-8-10-22-20(21-5)24-18-9-7-11-26(14-18)19-13-23-25(6)15-19;/h13,15-18H,7-12,14H2,1-6H3,(H2,21,22,24);1H. The van der Waals surface area contributed by atoms with E-state index in [4.69, 9.17) is 0 Å². The van der Waals surface area contributed by atoms with Gasteiger partial charge in [-0.2, -0.15) is 5.10 Å². The normalized spacial score (nSPS) is 18.0. The molecule has 0 amide bonds. The van der Waals surface area contributed by atoms with Crippen molar-refractivity contribution in [2.75, 3.05) is 38.1 Å². The summed E-state index contributed by atoms with van der Waals surface area (Å²) in [6.07, 6.45) is 7.51. The van der Waals surface area contributed by atoms with Crippen LogP contribution in [0.15, 0.2) is 17.4 Å². The van der Waals surface area contributed by atoms with Crippen LogP contribution < -0.4 is 15.5 Å². The Morgan fingerprint density at radius 3 is 2.61 bits per heavy atom. The number of hydrogen-bond acceptors (Lipinski definition) is 4. The molecule has 0 spiro atoms. The van der Waals surface area contributed by atoms with Crippen LogP contribution in [-0.4, -0.2) is 72.0 Å². The molecule has 2 rings (SSSR count). The summed E-state index contributed by atoms with van der Waals surface area (Å²) in [5, 5.41) is 11.4. The fraction of sp³-hybridized carbons (Fsp3) is 0.800. The minimum atomic E-state index is 0. The van der Waals surface area contributed by atoms with Gasteiger partial charge in [0.05, 0.1) is 11.9 Å². The first-order valence-corrected chi connectivity index (χ1v) is 10.4. The third-order valence-electron chi connectivity index (χ3n) is 5.25. The molecular formula is C20H40IN7. The molecule has 7 nitrogen and oxygen atoms in total. The quantitative estimate of drug-likeness (QED) is 0.246. The maximum absolute atomic E-state index is 4.42. The van der Waals surface area contributed by atoms with Crippen LogP contribution in [-0.2, 0) is 7.05 Å². The second kappa shape index (κ2) is 12.5. The number of anilines is 1. The van der Waals surface area contributed by atoms with Gasteiger partial charge in [-0.3, -0.25) is 14.6 Å². The fourth-order valence-corrected chi connectivity index (χ4v) is 3.87. The number of aryl methyl sites for hydroxylation is 1. The number of rotatable bonds is 8. The highest BCUT2D eigenvalue weighted by atomic mass is 127. The number of halogens is 1. The highest BCUT2D eigenvalue weighted by Gasteiger charge is 2.21. The van der Waals surface area contributed by atoms with Crippen LogP contribution in [0.2, 0.25) is 0 Å². The Balaban J connectivity index is 0.00000392. The molecule has 1 fully saturated rings. The number of nitrogens with one attached hydrogen (secondary N) is 2. The molecule has 1 aromatic rings. The molecule has 1 atom stereocenters. The first kappa shape index (κ1) is 25.0. The van der Waals surface area contributed by atoms with Gasteiger partial charge >= 0.3 is 0 Å². The van der Waals surface area contributed by atoms with Gasteiger partial charge < -0.3 is 15.5 Å². The van der Waals surface area contributed by atoms with E-state index in [1.807, 2.05) is 25.0 Å². The van der Waals surface area contributed by atoms with E-state index in [-0.39, 0.29) is 24.0 Å². The SMILES string of the molecule is CN=C(NCCCN(C(C)C)C(C)C)NC1CCCN(c2cnn(C)c2)C1.I. The highest BCUT2D eigenvalue weighted by molar-refractivity contribution is 14.0. The molecule has 1 aliphatic rings. The topological polar surface area (TPSA) is 60.7 Å². The monoisotopic (exact) mass is 505 g/mol. The third-order valence-corrected chi connectivity index (χ3v) is 5.25. The molecule has 8 heteroatoms. The highest BCUT2D eigenvalue weighted by Crippen LogP contribution is 2.18. The molecule has 0 aromatic carbocycles. The Hall–Kier alpha value is -1.03. The van der Waals surface area contributed by atoms with E-state index in [1.165, 1.54) is 18.5 Å². The first-order chi connectivity index (χ1) is 12.9. The van der Waals surface area contributed by atoms with Gasteiger partial charge in [0.1, 0.15) is 0 Å². The average Bonchev–Trinajstić information content (AvgIpc) is 3.06. The lowest BCUT2D eigenvalue weighted by Crippen LogP contribution is -2.51. The molecule has 162 valence electrons. The third kappa shape index (κ3) is 7.77. The van der Waals surface area contributed by atoms with Crippen LogP contribution in [0.25, 0.3) is 0 Å². The summed E-state index contributed by atoms with van der Waals surface area (Å²) in [4.78, 5) is 9.36. The largest absolute Gasteiger partial charge is 0.367 e. The minimum Gasteiger partial charge on any atom is -0.367 e. The van der Waals surface area contributed by atoms with E-state index in [1.54, 1.807) is 0 Å². The van der Waals surface area contributed by atoms with Gasteiger partial charge in [-0.1, -0.05) is 0 Å². The molecule has 1 saturated heterocycles. The number of guanidine groups is 1. The maximum atomic E-state index is 4.42. The van der Waals surface area contributed by atoms with Crippen LogP contribution in [0.3, 0.4) is 0 Å². The van der Waals surface area contributed by atoms with E-state index >= 15 is 0 Å². The van der Waals surface area contributed by atoms with Gasteiger partial charge in [-0.25, -0.2) is 0 Å². The predicted octanol–water partition coefficient (Wildman–Crippen LogP) is 2.68. The molecule has 2 N–H and O–H groups in total. The van der Waals surface area contributed by atoms with Gasteiger partial charge in [0.15, 0.2) is 5.96 Å². The lowest BCUT2D eigenvalue weighted by molar-refractivity contribution is 0.173. The van der Waals surface area contributed by atoms with Gasteiger partial charge in [-0.15, -0.1) is 24.0 Å². The number of piperidine rings is 1. The predicted molar refractivity (Wildman–Crippen MR) is 130 cm³/mol. The van der Waals surface area contributed by atoms with Gasteiger partial charge in [0.25, 0.3) is 0 Å². The zero-order valence-electron chi connectivity index (χ0n) is 18.5. The van der Waals surface area contributed by atoms with Crippen molar-refractivity contribution in [3.63, 3.8) is 0 Å². The zero-order valence-corrected chi connectivity index (χ0v) is 20.8. The summed E-state index contributed by atoms with van der Waals surface area (Å²) < 4.78 is 1.87. The zero-order chi connectivity index (χ0) is 19.8. The van der Waals surface area contributed by atoms with Crippen molar-refractivity contribution < 1.29 is 0 Å². The van der Waals surface area contributed by atoms with Crippen LogP contribution in [0.1, 0.15) is 47.0 Å². The molecule has 1 aliphatic heterocycles. The Bertz CT molecular complexity index is 577. The molecule has 0 aliphatic carbocycles. The number of aliphatic imine (C=N–C) groups is 1. The molecular weight excluding hydrogens is 465 g/mol. The van der Waals surface area contributed by atoms with Crippen LogP contribution in [0, 0.1) is 0 Å². The second-order valence-electron chi connectivity index (χ2n) is 8.08. The van der Waals surface area contributed by atoms with Crippen molar-refractivity contribution in [2.45, 2.75) is 65.1 Å². The van der Waals surface area contributed by atoms with Gasteiger partial charge in [0, 0.05) is 64.6 Å². The van der Waals surface area contributed by atoms with Crippen molar-refractivity contribution in [3.05, 3.63) is 12.4 Å². The Kier molecular flexibility index (Phi) is 11.2. The molecule has 0 bridgehead atoms. The van der Waals surface area contributed by atoms with E-state index in [9.17, 15) is 0 Å². The summed E-state index contributed by atoms with van der Waals surface area (Å²) in [5.41, 5.74) is 1.20. The van der Waals surface area contributed by atoms with Crippen LogP contribution >= 0.6 is 24.0 Å². The van der Waals surface area contributed by atoms with Crippen molar-refractivity contribution in [2.24, 2.45) is 12.0 Å². The number of nitrogens with zero attached hydrogens (tertiary/aromatic N) is 5. The number of aromatic nitrogens is 2. The van der Waals surface area contributed by atoms with E-state index < -0.39 is 0 Å². The van der Waals surface area contributed by atoms with E-state index in [0.717, 1.165) is 38.6 Å². The average molecular weight is 505 g/mol. The second-order valence-corrected chi connectivity index (χ2v) is 8.08. The summed E-state index contributed by atoms with van der Waals surface area (Å²) in [7, 11) is 3.82. The van der Waals surface area contributed by atoms with Crippen molar-refractivity contribution >= 4 is 35.6 Å². The Morgan fingerprint density at radius 2 is 2.04 bits per heavy atom. The molecule has 28 heavy (non-hydrogen) atoms. The fourth-order valence-electron chi connectivity index (χ4n) is 3.87. The molecule has 0 saturated carbocycles. The molecule has 2 heterocycles. The van der Waals surface area contributed by atoms with E-state index in [2.05, 4.69) is 64.4 Å². The van der Waals surface area contributed by atoms with Gasteiger partial charge in [-0.05, 0) is 47.0 Å². The Labute approximate surface area is 188 Å². The lowest BCUT2D eigenvalue weighted by Gasteiger charge is -2.34. The van der Waals surface area contributed by atoms with Crippen LogP contribution in [0.4, 0.5) is 5.69 Å². The molecule has 1 aromatic heterocycles. The van der Waals surface area contributed by atoms with Gasteiger partial charge in [0.2, 0.25) is 0 Å². The Morgan fingerprint density at radius 1 is 1.32 bits per heavy atom. The molecule has 1 unspecified atom stereocenters. The van der Waals surface area contributed by atoms with Crippen molar-refractivity contribution in [1.29, 1.82) is 0 Å². The van der Waals surface area contributed by atoms with Crippen molar-refractivity contribution in [1.82, 2.24) is 25.3 Å². The maximum Gasteiger partial charge on any atom is 0.191 e. The summed E-state index contributed by atoms with van der Waals surface area (Å²) >= 11 is 0. The summed E-state index contributed by atoms with van der Waals surface area (Å²) in [5.74, 6) is 0.911.